The molecule has 2 aromatic carbocycles. The van der Waals surface area contributed by atoms with Crippen LogP contribution in [0.15, 0.2) is 64.8 Å². The number of anilines is 1. The summed E-state index contributed by atoms with van der Waals surface area (Å²) in [6.07, 6.45) is 4.69. The van der Waals surface area contributed by atoms with Gasteiger partial charge in [-0.2, -0.15) is 0 Å². The van der Waals surface area contributed by atoms with Gasteiger partial charge in [-0.05, 0) is 67.3 Å². The molecule has 4 rings (SSSR count). The molecule has 148 valence electrons. The van der Waals surface area contributed by atoms with Crippen LogP contribution < -0.4 is 15.0 Å². The van der Waals surface area contributed by atoms with Crippen LogP contribution in [0.1, 0.15) is 12.0 Å². The highest BCUT2D eigenvalue weighted by atomic mass is 79.9. The fourth-order valence-corrected chi connectivity index (χ4v) is 4.53. The third-order valence-corrected chi connectivity index (χ3v) is 6.48. The number of halogens is 1. The Bertz CT molecular complexity index is 824. The average Bonchev–Trinajstić information content (AvgIpc) is 3.17. The van der Waals surface area contributed by atoms with Crippen LogP contribution in [0, 0.1) is 5.92 Å². The van der Waals surface area contributed by atoms with Gasteiger partial charge in [0.25, 0.3) is 0 Å². The maximum absolute atomic E-state index is 5.39. The monoisotopic (exact) mass is 441 g/mol. The fraction of sp³-hybridized carbons (Fsp3) is 0.391. The molecule has 0 aromatic heterocycles. The van der Waals surface area contributed by atoms with E-state index in [4.69, 9.17) is 4.74 Å². The van der Waals surface area contributed by atoms with Gasteiger partial charge in [0.1, 0.15) is 5.75 Å². The van der Waals surface area contributed by atoms with Crippen molar-refractivity contribution in [2.75, 3.05) is 44.9 Å². The summed E-state index contributed by atoms with van der Waals surface area (Å²) < 4.78 is 6.57. The SMILES string of the molecule is COc1ccc(Br)c(CC2CCN(CC3=CCN(c4ccccc4)CN3)C2)c1. The van der Waals surface area contributed by atoms with Crippen LogP contribution in [0.25, 0.3) is 0 Å². The largest absolute Gasteiger partial charge is 0.497 e. The molecule has 0 amide bonds. The number of nitrogens with one attached hydrogen (secondary N) is 1. The summed E-state index contributed by atoms with van der Waals surface area (Å²) in [5.41, 5.74) is 3.98. The third-order valence-electron chi connectivity index (χ3n) is 5.70. The number of methoxy groups -OCH3 is 1. The lowest BCUT2D eigenvalue weighted by atomic mass is 9.98. The quantitative estimate of drug-likeness (QED) is 0.723. The van der Waals surface area contributed by atoms with Crippen molar-refractivity contribution in [2.24, 2.45) is 5.92 Å². The minimum Gasteiger partial charge on any atom is -0.497 e. The Balaban J connectivity index is 1.29. The van der Waals surface area contributed by atoms with E-state index in [1.807, 2.05) is 6.07 Å². The number of benzene rings is 2. The Morgan fingerprint density at radius 2 is 2.04 bits per heavy atom. The molecule has 1 unspecified atom stereocenters. The van der Waals surface area contributed by atoms with Crippen LogP contribution >= 0.6 is 15.9 Å². The molecule has 2 aliphatic heterocycles. The van der Waals surface area contributed by atoms with Gasteiger partial charge in [0.2, 0.25) is 0 Å². The van der Waals surface area contributed by atoms with Gasteiger partial charge in [-0.15, -0.1) is 0 Å². The zero-order chi connectivity index (χ0) is 19.3. The Morgan fingerprint density at radius 1 is 1.18 bits per heavy atom. The summed E-state index contributed by atoms with van der Waals surface area (Å²) in [5, 5.41) is 3.60. The van der Waals surface area contributed by atoms with Crippen LogP contribution in [-0.4, -0.2) is 44.9 Å². The van der Waals surface area contributed by atoms with Crippen molar-refractivity contribution in [1.82, 2.24) is 10.2 Å². The predicted octanol–water partition coefficient (Wildman–Crippen LogP) is 4.27. The van der Waals surface area contributed by atoms with Crippen molar-refractivity contribution in [3.05, 3.63) is 70.3 Å². The molecule has 4 nitrogen and oxygen atoms in total. The zero-order valence-electron chi connectivity index (χ0n) is 16.4. The Labute approximate surface area is 176 Å². The smallest absolute Gasteiger partial charge is 0.119 e. The zero-order valence-corrected chi connectivity index (χ0v) is 18.0. The van der Waals surface area contributed by atoms with E-state index in [-0.39, 0.29) is 0 Å². The normalized spacial score (nSPS) is 20.0. The van der Waals surface area contributed by atoms with Crippen LogP contribution in [-0.2, 0) is 6.42 Å². The first-order chi connectivity index (χ1) is 13.7. The summed E-state index contributed by atoms with van der Waals surface area (Å²) >= 11 is 3.69. The second kappa shape index (κ2) is 9.01. The number of ether oxygens (including phenoxy) is 1. The van der Waals surface area contributed by atoms with E-state index >= 15 is 0 Å². The molecule has 1 saturated heterocycles. The topological polar surface area (TPSA) is 27.7 Å². The van der Waals surface area contributed by atoms with Crippen molar-refractivity contribution >= 4 is 21.6 Å². The number of hydrogen-bond donors (Lipinski definition) is 1. The first-order valence-electron chi connectivity index (χ1n) is 9.99. The first-order valence-corrected chi connectivity index (χ1v) is 10.8. The summed E-state index contributed by atoms with van der Waals surface area (Å²) in [7, 11) is 1.73. The molecule has 0 bridgehead atoms. The molecule has 2 heterocycles. The van der Waals surface area contributed by atoms with E-state index in [1.165, 1.54) is 34.4 Å². The molecule has 2 aliphatic rings. The van der Waals surface area contributed by atoms with E-state index in [2.05, 4.69) is 79.6 Å². The molecule has 28 heavy (non-hydrogen) atoms. The number of nitrogens with zero attached hydrogens (tertiary/aromatic N) is 2. The van der Waals surface area contributed by atoms with Crippen molar-refractivity contribution in [3.63, 3.8) is 0 Å². The number of rotatable bonds is 6. The van der Waals surface area contributed by atoms with Gasteiger partial charge >= 0.3 is 0 Å². The second-order valence-corrected chi connectivity index (χ2v) is 8.53. The van der Waals surface area contributed by atoms with Gasteiger partial charge in [-0.3, -0.25) is 4.90 Å². The molecule has 0 aliphatic carbocycles. The van der Waals surface area contributed by atoms with E-state index in [1.54, 1.807) is 7.11 Å². The Hall–Kier alpha value is -1.98. The minimum absolute atomic E-state index is 0.702. The van der Waals surface area contributed by atoms with E-state index in [9.17, 15) is 0 Å². The number of likely N-dealkylation sites (tertiary alicyclic amines) is 1. The summed E-state index contributed by atoms with van der Waals surface area (Å²) in [4.78, 5) is 4.94. The standard InChI is InChI=1S/C23H28BrN3O/c1-28-22-7-8-23(24)19(14-22)13-18-9-11-26(15-18)16-20-10-12-27(17-25-20)21-5-3-2-4-6-21/h2-8,10,14,18,25H,9,11-13,15-17H2,1H3. The molecule has 5 heteroatoms. The molecule has 2 aromatic rings. The molecular weight excluding hydrogens is 414 g/mol. The maximum atomic E-state index is 5.39. The van der Waals surface area contributed by atoms with Crippen LogP contribution in [0.4, 0.5) is 5.69 Å². The summed E-state index contributed by atoms with van der Waals surface area (Å²) in [6, 6.07) is 16.9. The lowest BCUT2D eigenvalue weighted by Gasteiger charge is -2.31. The van der Waals surface area contributed by atoms with Gasteiger partial charge in [-0.25, -0.2) is 0 Å². The highest BCUT2D eigenvalue weighted by Gasteiger charge is 2.24. The van der Waals surface area contributed by atoms with Gasteiger partial charge < -0.3 is 15.0 Å². The Kier molecular flexibility index (Phi) is 6.23. The molecule has 0 radical (unpaired) electrons. The molecule has 0 saturated carbocycles. The highest BCUT2D eigenvalue weighted by Crippen LogP contribution is 2.28. The number of hydrogen-bond acceptors (Lipinski definition) is 4. The average molecular weight is 442 g/mol. The molecule has 1 atom stereocenters. The van der Waals surface area contributed by atoms with Crippen LogP contribution in [0.2, 0.25) is 0 Å². The first kappa shape index (κ1) is 19.3. The molecular formula is C23H28BrN3O. The van der Waals surface area contributed by atoms with Crippen molar-refractivity contribution < 1.29 is 4.74 Å². The van der Waals surface area contributed by atoms with E-state index in [0.717, 1.165) is 38.5 Å². The maximum Gasteiger partial charge on any atom is 0.119 e. The fourth-order valence-electron chi connectivity index (χ4n) is 4.12. The second-order valence-electron chi connectivity index (χ2n) is 7.67. The Morgan fingerprint density at radius 3 is 2.79 bits per heavy atom. The molecule has 1 fully saturated rings. The summed E-state index contributed by atoms with van der Waals surface area (Å²) in [6.45, 7) is 5.21. The minimum atomic E-state index is 0.702. The lowest BCUT2D eigenvalue weighted by molar-refractivity contribution is 0.341. The molecule has 1 N–H and O–H groups in total. The molecule has 0 spiro atoms. The number of para-hydroxylation sites is 1. The van der Waals surface area contributed by atoms with Crippen molar-refractivity contribution in [2.45, 2.75) is 12.8 Å². The highest BCUT2D eigenvalue weighted by molar-refractivity contribution is 9.10. The lowest BCUT2D eigenvalue weighted by Crippen LogP contribution is -2.41. The van der Waals surface area contributed by atoms with Crippen LogP contribution in [0.3, 0.4) is 0 Å². The predicted molar refractivity (Wildman–Crippen MR) is 119 cm³/mol. The third kappa shape index (κ3) is 4.70. The van der Waals surface area contributed by atoms with E-state index in [0.29, 0.717) is 5.92 Å². The van der Waals surface area contributed by atoms with Gasteiger partial charge in [0, 0.05) is 35.5 Å². The van der Waals surface area contributed by atoms with Crippen LogP contribution in [0.5, 0.6) is 5.75 Å². The van der Waals surface area contributed by atoms with Crippen molar-refractivity contribution in [3.8, 4) is 5.75 Å². The van der Waals surface area contributed by atoms with Gasteiger partial charge in [0.05, 0.1) is 13.8 Å². The van der Waals surface area contributed by atoms with Crippen molar-refractivity contribution in [1.29, 1.82) is 0 Å². The van der Waals surface area contributed by atoms with Gasteiger partial charge in [0.15, 0.2) is 0 Å². The van der Waals surface area contributed by atoms with E-state index < -0.39 is 0 Å². The van der Waals surface area contributed by atoms with Gasteiger partial charge in [-0.1, -0.05) is 34.1 Å². The summed E-state index contributed by atoms with van der Waals surface area (Å²) in [5.74, 6) is 1.64.